The molecule has 0 spiro atoms. The second-order valence-corrected chi connectivity index (χ2v) is 5.82. The molecule has 2 aromatic carbocycles. The molecule has 0 aliphatic heterocycles. The van der Waals surface area contributed by atoms with E-state index < -0.39 is 18.5 Å². The number of benzene rings is 2. The number of anilines is 2. The number of hydrogen-bond acceptors (Lipinski definition) is 7. The molecular formula is C20H22N2O7. The fourth-order valence-electron chi connectivity index (χ4n) is 2.41. The number of rotatable bonds is 8. The molecule has 0 fully saturated rings. The van der Waals surface area contributed by atoms with Gasteiger partial charge in [0.05, 0.1) is 32.6 Å². The highest BCUT2D eigenvalue weighted by Crippen LogP contribution is 2.28. The lowest BCUT2D eigenvalue weighted by atomic mass is 10.2. The van der Waals surface area contributed by atoms with Crippen LogP contribution >= 0.6 is 0 Å². The number of carbonyl (C=O) groups is 3. The van der Waals surface area contributed by atoms with Gasteiger partial charge in [-0.25, -0.2) is 4.79 Å². The highest BCUT2D eigenvalue weighted by atomic mass is 16.5. The zero-order chi connectivity index (χ0) is 21.4. The number of methoxy groups -OCH3 is 3. The van der Waals surface area contributed by atoms with Crippen LogP contribution in [0.4, 0.5) is 11.4 Å². The molecule has 9 nitrogen and oxygen atoms in total. The van der Waals surface area contributed by atoms with Gasteiger partial charge in [0.15, 0.2) is 6.61 Å². The highest BCUT2D eigenvalue weighted by Gasteiger charge is 2.15. The van der Waals surface area contributed by atoms with Crippen LogP contribution in [0.25, 0.3) is 0 Å². The molecule has 2 rings (SSSR count). The van der Waals surface area contributed by atoms with Gasteiger partial charge in [-0.3, -0.25) is 9.59 Å². The van der Waals surface area contributed by atoms with Gasteiger partial charge in [-0.2, -0.15) is 0 Å². The number of nitrogens with one attached hydrogen (secondary N) is 2. The van der Waals surface area contributed by atoms with Gasteiger partial charge in [-0.05, 0) is 30.3 Å². The third-order valence-electron chi connectivity index (χ3n) is 3.72. The van der Waals surface area contributed by atoms with Gasteiger partial charge in [0.1, 0.15) is 17.2 Å². The molecule has 0 atom stereocenters. The van der Waals surface area contributed by atoms with E-state index in [1.54, 1.807) is 18.2 Å². The maximum atomic E-state index is 12.3. The first-order valence-corrected chi connectivity index (χ1v) is 8.52. The van der Waals surface area contributed by atoms with Crippen molar-refractivity contribution in [1.82, 2.24) is 0 Å². The number of esters is 1. The smallest absolute Gasteiger partial charge is 0.338 e. The van der Waals surface area contributed by atoms with E-state index in [1.807, 2.05) is 0 Å². The molecular weight excluding hydrogens is 380 g/mol. The monoisotopic (exact) mass is 402 g/mol. The SMILES string of the molecule is COc1cc(OC)cc(C(=O)OCC(=O)Nc2cc(NC(C)=O)ccc2OC)c1. The molecule has 0 saturated heterocycles. The molecule has 0 aliphatic rings. The van der Waals surface area contributed by atoms with E-state index in [4.69, 9.17) is 18.9 Å². The Bertz CT molecular complexity index is 889. The molecule has 0 unspecified atom stereocenters. The molecule has 0 bridgehead atoms. The van der Waals surface area contributed by atoms with E-state index in [0.29, 0.717) is 28.6 Å². The van der Waals surface area contributed by atoms with Crippen LogP contribution in [0.15, 0.2) is 36.4 Å². The maximum Gasteiger partial charge on any atom is 0.338 e. The van der Waals surface area contributed by atoms with Gasteiger partial charge in [0, 0.05) is 18.7 Å². The molecule has 29 heavy (non-hydrogen) atoms. The number of carbonyl (C=O) groups excluding carboxylic acids is 3. The minimum Gasteiger partial charge on any atom is -0.497 e. The lowest BCUT2D eigenvalue weighted by Gasteiger charge is -2.13. The first-order valence-electron chi connectivity index (χ1n) is 8.52. The standard InChI is InChI=1S/C20H22N2O7/c1-12(23)21-14-5-6-18(28-4)17(9-14)22-19(24)11-29-20(25)13-7-15(26-2)10-16(8-13)27-3/h5-10H,11H2,1-4H3,(H,21,23)(H,22,24). The average Bonchev–Trinajstić information content (AvgIpc) is 2.71. The van der Waals surface area contributed by atoms with Crippen LogP contribution in [0.5, 0.6) is 17.2 Å². The summed E-state index contributed by atoms with van der Waals surface area (Å²) in [4.78, 5) is 35.7. The predicted molar refractivity (Wildman–Crippen MR) is 106 cm³/mol. The summed E-state index contributed by atoms with van der Waals surface area (Å²) in [5.74, 6) is -0.324. The third-order valence-corrected chi connectivity index (χ3v) is 3.72. The van der Waals surface area contributed by atoms with Crippen molar-refractivity contribution in [3.63, 3.8) is 0 Å². The van der Waals surface area contributed by atoms with Gasteiger partial charge in [0.25, 0.3) is 5.91 Å². The number of hydrogen-bond donors (Lipinski definition) is 2. The minimum atomic E-state index is -0.712. The molecule has 0 aliphatic carbocycles. The second kappa shape index (κ2) is 9.98. The summed E-state index contributed by atoms with van der Waals surface area (Å²) in [7, 11) is 4.36. The van der Waals surface area contributed by atoms with Gasteiger partial charge in [-0.1, -0.05) is 0 Å². The molecule has 0 radical (unpaired) electrons. The van der Waals surface area contributed by atoms with Crippen molar-refractivity contribution in [2.75, 3.05) is 38.6 Å². The quantitative estimate of drug-likeness (QED) is 0.652. The average molecular weight is 402 g/mol. The molecule has 0 heterocycles. The first-order chi connectivity index (χ1) is 13.9. The zero-order valence-corrected chi connectivity index (χ0v) is 16.5. The Balaban J connectivity index is 2.04. The summed E-state index contributed by atoms with van der Waals surface area (Å²) in [6, 6.07) is 9.32. The van der Waals surface area contributed by atoms with Crippen LogP contribution in [0.3, 0.4) is 0 Å². The third kappa shape index (κ3) is 6.13. The number of ether oxygens (including phenoxy) is 4. The lowest BCUT2D eigenvalue weighted by molar-refractivity contribution is -0.119. The van der Waals surface area contributed by atoms with Crippen molar-refractivity contribution in [3.05, 3.63) is 42.0 Å². The number of amides is 2. The van der Waals surface area contributed by atoms with Crippen molar-refractivity contribution in [3.8, 4) is 17.2 Å². The van der Waals surface area contributed by atoms with Crippen LogP contribution < -0.4 is 24.8 Å². The van der Waals surface area contributed by atoms with Crippen LogP contribution in [0.2, 0.25) is 0 Å². The van der Waals surface area contributed by atoms with Crippen molar-refractivity contribution < 1.29 is 33.3 Å². The van der Waals surface area contributed by atoms with Gasteiger partial charge in [0.2, 0.25) is 5.91 Å². The Morgan fingerprint density at radius 3 is 2.07 bits per heavy atom. The largest absolute Gasteiger partial charge is 0.497 e. The van der Waals surface area contributed by atoms with Crippen molar-refractivity contribution >= 4 is 29.2 Å². The van der Waals surface area contributed by atoms with E-state index >= 15 is 0 Å². The summed E-state index contributed by atoms with van der Waals surface area (Å²) in [6.07, 6.45) is 0. The van der Waals surface area contributed by atoms with Crippen LogP contribution in [0.1, 0.15) is 17.3 Å². The van der Waals surface area contributed by atoms with Gasteiger partial charge in [-0.15, -0.1) is 0 Å². The van der Waals surface area contributed by atoms with E-state index in [9.17, 15) is 14.4 Å². The van der Waals surface area contributed by atoms with Crippen molar-refractivity contribution in [2.45, 2.75) is 6.92 Å². The highest BCUT2D eigenvalue weighted by molar-refractivity contribution is 5.97. The summed E-state index contributed by atoms with van der Waals surface area (Å²) in [6.45, 7) is 0.849. The predicted octanol–water partition coefficient (Wildman–Crippen LogP) is 2.47. The molecule has 2 N–H and O–H groups in total. The summed E-state index contributed by atoms with van der Waals surface area (Å²) < 4.78 is 20.5. The van der Waals surface area contributed by atoms with Crippen molar-refractivity contribution in [1.29, 1.82) is 0 Å². The molecule has 9 heteroatoms. The Labute approximate surface area is 167 Å². The molecule has 2 aromatic rings. The Kier molecular flexibility index (Phi) is 7.41. The normalized spacial score (nSPS) is 9.93. The summed E-state index contributed by atoms with van der Waals surface area (Å²) in [5, 5.41) is 5.19. The zero-order valence-electron chi connectivity index (χ0n) is 16.5. The van der Waals surface area contributed by atoms with Crippen LogP contribution in [-0.4, -0.2) is 45.7 Å². The Morgan fingerprint density at radius 2 is 1.52 bits per heavy atom. The Morgan fingerprint density at radius 1 is 0.862 bits per heavy atom. The molecule has 0 saturated carbocycles. The van der Waals surface area contributed by atoms with E-state index in [1.165, 1.54) is 46.5 Å². The fourth-order valence-corrected chi connectivity index (χ4v) is 2.41. The van der Waals surface area contributed by atoms with E-state index in [0.717, 1.165) is 0 Å². The topological polar surface area (TPSA) is 112 Å². The summed E-state index contributed by atoms with van der Waals surface area (Å²) >= 11 is 0. The van der Waals surface area contributed by atoms with Gasteiger partial charge < -0.3 is 29.6 Å². The van der Waals surface area contributed by atoms with Crippen molar-refractivity contribution in [2.24, 2.45) is 0 Å². The molecule has 0 aromatic heterocycles. The van der Waals surface area contributed by atoms with Crippen LogP contribution in [-0.2, 0) is 14.3 Å². The molecule has 154 valence electrons. The first kappa shape index (κ1) is 21.5. The summed E-state index contributed by atoms with van der Waals surface area (Å²) in [5.41, 5.74) is 0.983. The van der Waals surface area contributed by atoms with E-state index in [2.05, 4.69) is 10.6 Å². The second-order valence-electron chi connectivity index (χ2n) is 5.82. The molecule has 2 amide bonds. The maximum absolute atomic E-state index is 12.3. The Hall–Kier alpha value is -3.75. The van der Waals surface area contributed by atoms with Gasteiger partial charge >= 0.3 is 5.97 Å². The van der Waals surface area contributed by atoms with Crippen LogP contribution in [0, 0.1) is 0 Å². The lowest BCUT2D eigenvalue weighted by Crippen LogP contribution is -2.21. The minimum absolute atomic E-state index is 0.180. The fraction of sp³-hybridized carbons (Fsp3) is 0.250. The van der Waals surface area contributed by atoms with E-state index in [-0.39, 0.29) is 11.5 Å².